The highest BCUT2D eigenvalue weighted by Crippen LogP contribution is 2.50. The van der Waals surface area contributed by atoms with Gasteiger partial charge in [-0.25, -0.2) is 9.48 Å². The SMILES string of the molecule is COc1cc(OC)c(C2N=CN=C[N+]2(c2ccc(OC)c(Cl)c2)C2CCCCCC2)c(OC)c1. The number of quaternary nitrogens is 1. The lowest BCUT2D eigenvalue weighted by atomic mass is 9.97. The van der Waals surface area contributed by atoms with Crippen LogP contribution in [0.4, 0.5) is 5.69 Å². The van der Waals surface area contributed by atoms with Crippen molar-refractivity contribution < 1.29 is 18.9 Å². The summed E-state index contributed by atoms with van der Waals surface area (Å²) in [7, 11) is 6.56. The van der Waals surface area contributed by atoms with Gasteiger partial charge in [0.2, 0.25) is 6.17 Å². The third-order valence-electron chi connectivity index (χ3n) is 6.96. The van der Waals surface area contributed by atoms with Crippen molar-refractivity contribution in [2.75, 3.05) is 28.4 Å². The predicted octanol–water partition coefficient (Wildman–Crippen LogP) is 6.17. The molecule has 1 aliphatic carbocycles. The predicted molar refractivity (Wildman–Crippen MR) is 137 cm³/mol. The molecule has 2 unspecified atom stereocenters. The number of aliphatic imine (C=N–C) groups is 2. The van der Waals surface area contributed by atoms with E-state index in [0.29, 0.717) is 32.5 Å². The van der Waals surface area contributed by atoms with Crippen molar-refractivity contribution in [3.8, 4) is 23.0 Å². The van der Waals surface area contributed by atoms with Gasteiger partial charge in [0.1, 0.15) is 46.6 Å². The number of nitrogens with zero attached hydrogens (tertiary/aromatic N) is 3. The van der Waals surface area contributed by atoms with Gasteiger partial charge in [-0.1, -0.05) is 24.4 Å². The van der Waals surface area contributed by atoms with Crippen LogP contribution in [0.15, 0.2) is 40.3 Å². The van der Waals surface area contributed by atoms with E-state index < -0.39 is 0 Å². The minimum Gasteiger partial charge on any atom is -0.496 e. The zero-order valence-electron chi connectivity index (χ0n) is 20.3. The number of benzene rings is 2. The van der Waals surface area contributed by atoms with Gasteiger partial charge in [-0.05, 0) is 18.9 Å². The first-order valence-electron chi connectivity index (χ1n) is 11.7. The van der Waals surface area contributed by atoms with Gasteiger partial charge in [0.05, 0.1) is 33.5 Å². The van der Waals surface area contributed by atoms with Crippen LogP contribution in [0.2, 0.25) is 5.02 Å². The first-order chi connectivity index (χ1) is 16.6. The topological polar surface area (TPSA) is 61.6 Å². The van der Waals surface area contributed by atoms with Crippen LogP contribution in [0.25, 0.3) is 0 Å². The van der Waals surface area contributed by atoms with Crippen LogP contribution in [0.5, 0.6) is 23.0 Å². The molecule has 0 spiro atoms. The summed E-state index contributed by atoms with van der Waals surface area (Å²) < 4.78 is 23.0. The van der Waals surface area contributed by atoms with Crippen LogP contribution < -0.4 is 23.4 Å². The smallest absolute Gasteiger partial charge is 0.228 e. The molecule has 182 valence electrons. The van der Waals surface area contributed by atoms with Crippen LogP contribution in [0, 0.1) is 0 Å². The molecular weight excluding hydrogens is 454 g/mol. The quantitative estimate of drug-likeness (QED) is 0.346. The molecule has 2 aromatic carbocycles. The lowest BCUT2D eigenvalue weighted by Crippen LogP contribution is -2.58. The average Bonchev–Trinajstić information content (AvgIpc) is 3.17. The van der Waals surface area contributed by atoms with Gasteiger partial charge in [0.25, 0.3) is 0 Å². The van der Waals surface area contributed by atoms with Crippen molar-refractivity contribution in [1.82, 2.24) is 4.48 Å². The molecule has 0 aromatic heterocycles. The number of halogens is 1. The second kappa shape index (κ2) is 10.7. The summed E-state index contributed by atoms with van der Waals surface area (Å²) >= 11 is 6.65. The van der Waals surface area contributed by atoms with E-state index in [0.717, 1.165) is 36.9 Å². The Morgan fingerprint density at radius 3 is 2.03 bits per heavy atom. The maximum absolute atomic E-state index is 6.65. The molecule has 1 heterocycles. The van der Waals surface area contributed by atoms with E-state index >= 15 is 0 Å². The van der Waals surface area contributed by atoms with Gasteiger partial charge in [-0.15, -0.1) is 0 Å². The van der Waals surface area contributed by atoms with Gasteiger partial charge in [0.15, 0.2) is 6.34 Å². The first-order valence-corrected chi connectivity index (χ1v) is 12.0. The largest absolute Gasteiger partial charge is 0.496 e. The summed E-state index contributed by atoms with van der Waals surface area (Å²) in [4.78, 5) is 9.54. The van der Waals surface area contributed by atoms with Crippen LogP contribution >= 0.6 is 11.6 Å². The second-order valence-electron chi connectivity index (χ2n) is 8.65. The van der Waals surface area contributed by atoms with Crippen molar-refractivity contribution in [3.63, 3.8) is 0 Å². The molecule has 8 heteroatoms. The third-order valence-corrected chi connectivity index (χ3v) is 7.26. The second-order valence-corrected chi connectivity index (χ2v) is 9.05. The van der Waals surface area contributed by atoms with Gasteiger partial charge in [0, 0.05) is 37.1 Å². The Hall–Kier alpha value is -2.77. The van der Waals surface area contributed by atoms with Gasteiger partial charge < -0.3 is 18.9 Å². The number of ether oxygens (including phenoxy) is 4. The molecule has 0 amide bonds. The number of hydrogen-bond acceptors (Lipinski definition) is 6. The highest BCUT2D eigenvalue weighted by Gasteiger charge is 2.49. The molecule has 1 aliphatic heterocycles. The van der Waals surface area contributed by atoms with Crippen LogP contribution in [0.3, 0.4) is 0 Å². The summed E-state index contributed by atoms with van der Waals surface area (Å²) in [6, 6.07) is 9.98. The lowest BCUT2D eigenvalue weighted by molar-refractivity contribution is 0.218. The van der Waals surface area contributed by atoms with Gasteiger partial charge in [-0.2, -0.15) is 4.99 Å². The molecular formula is C26H33ClN3O4+. The molecule has 0 saturated heterocycles. The van der Waals surface area contributed by atoms with Crippen molar-refractivity contribution in [2.45, 2.75) is 50.7 Å². The van der Waals surface area contributed by atoms with Crippen molar-refractivity contribution >= 4 is 30.0 Å². The minimum atomic E-state index is -0.374. The number of rotatable bonds is 7. The zero-order chi connectivity index (χ0) is 24.1. The molecule has 34 heavy (non-hydrogen) atoms. The number of hydrogen-bond donors (Lipinski definition) is 0. The molecule has 0 radical (unpaired) electrons. The Morgan fingerprint density at radius 2 is 1.47 bits per heavy atom. The Balaban J connectivity index is 1.98. The Bertz CT molecular complexity index is 1040. The van der Waals surface area contributed by atoms with Crippen LogP contribution in [-0.2, 0) is 0 Å². The fourth-order valence-corrected chi connectivity index (χ4v) is 5.54. The van der Waals surface area contributed by atoms with Gasteiger partial charge in [-0.3, -0.25) is 0 Å². The molecule has 0 bridgehead atoms. The van der Waals surface area contributed by atoms with Crippen molar-refractivity contribution in [2.24, 2.45) is 9.98 Å². The maximum atomic E-state index is 6.65. The van der Waals surface area contributed by atoms with E-state index in [1.165, 1.54) is 12.8 Å². The molecule has 1 fully saturated rings. The summed E-state index contributed by atoms with van der Waals surface area (Å²) in [6.07, 6.45) is 10.2. The van der Waals surface area contributed by atoms with Crippen LogP contribution in [0.1, 0.15) is 50.3 Å². The average molecular weight is 487 g/mol. The highest BCUT2D eigenvalue weighted by atomic mass is 35.5. The Morgan fingerprint density at radius 1 is 0.824 bits per heavy atom. The fourth-order valence-electron chi connectivity index (χ4n) is 5.28. The normalized spacial score (nSPS) is 22.8. The number of methoxy groups -OCH3 is 4. The fraction of sp³-hybridized carbons (Fsp3) is 0.462. The maximum Gasteiger partial charge on any atom is 0.228 e. The van der Waals surface area contributed by atoms with Gasteiger partial charge >= 0.3 is 0 Å². The van der Waals surface area contributed by atoms with Crippen LogP contribution in [-0.4, -0.2) is 47.2 Å². The summed E-state index contributed by atoms with van der Waals surface area (Å²) in [5.74, 6) is 2.61. The summed E-state index contributed by atoms with van der Waals surface area (Å²) in [5, 5.41) is 0.557. The highest BCUT2D eigenvalue weighted by molar-refractivity contribution is 6.32. The van der Waals surface area contributed by atoms with E-state index in [9.17, 15) is 0 Å². The molecule has 2 aromatic rings. The molecule has 7 nitrogen and oxygen atoms in total. The first kappa shape index (κ1) is 24.4. The summed E-state index contributed by atoms with van der Waals surface area (Å²) in [6.45, 7) is 0. The van der Waals surface area contributed by atoms with E-state index in [2.05, 4.69) is 11.1 Å². The molecule has 0 N–H and O–H groups in total. The summed E-state index contributed by atoms with van der Waals surface area (Å²) in [5.41, 5.74) is 1.85. The van der Waals surface area contributed by atoms with Crippen molar-refractivity contribution in [1.29, 1.82) is 0 Å². The Kier molecular flexibility index (Phi) is 7.63. The van der Waals surface area contributed by atoms with E-state index in [-0.39, 0.29) is 12.2 Å². The van der Waals surface area contributed by atoms with Crippen molar-refractivity contribution in [3.05, 3.63) is 40.9 Å². The van der Waals surface area contributed by atoms with E-state index in [4.69, 9.17) is 35.5 Å². The zero-order valence-corrected chi connectivity index (χ0v) is 21.0. The minimum absolute atomic E-state index is 0.259. The van der Waals surface area contributed by atoms with E-state index in [1.807, 2.05) is 30.6 Å². The monoisotopic (exact) mass is 486 g/mol. The molecule has 4 rings (SSSR count). The lowest BCUT2D eigenvalue weighted by Gasteiger charge is -2.45. The molecule has 1 saturated carbocycles. The van der Waals surface area contributed by atoms with E-state index in [1.54, 1.807) is 34.8 Å². The standard InChI is InChI=1S/C26H33ClN3O4/c1-31-20-14-23(33-3)25(24(15-20)34-4)26-29-16-28-17-30(26,18-9-7-5-6-8-10-18)19-11-12-22(32-2)21(27)13-19/h11-18,26H,5-10H2,1-4H3/q+1. The third kappa shape index (κ3) is 4.34. The Labute approximate surface area is 206 Å². The molecule has 2 atom stereocenters. The molecule has 2 aliphatic rings.